The third-order valence-electron chi connectivity index (χ3n) is 3.81. The molecule has 1 heterocycles. The molecule has 3 nitrogen and oxygen atoms in total. The Bertz CT molecular complexity index is 717. The summed E-state index contributed by atoms with van der Waals surface area (Å²) in [6.45, 7) is 0. The molecule has 0 spiro atoms. The minimum Gasteiger partial charge on any atom is -0.497 e. The quantitative estimate of drug-likeness (QED) is 0.829. The van der Waals surface area contributed by atoms with Crippen molar-refractivity contribution in [2.45, 2.75) is 11.7 Å². The number of carbonyl (C=O) groups is 1. The molecule has 4 heteroatoms. The van der Waals surface area contributed by atoms with Crippen LogP contribution < -0.4 is 9.47 Å². The molecule has 2 aromatic rings. The Kier molecular flexibility index (Phi) is 4.72. The van der Waals surface area contributed by atoms with E-state index in [4.69, 9.17) is 9.47 Å². The first kappa shape index (κ1) is 15.7. The molecule has 0 radical (unpaired) electrons. The zero-order valence-corrected chi connectivity index (χ0v) is 13.9. The van der Waals surface area contributed by atoms with Crippen molar-refractivity contribution in [3.05, 3.63) is 65.7 Å². The molecular weight excluding hydrogens is 308 g/mol. The van der Waals surface area contributed by atoms with Gasteiger partial charge in [0.1, 0.15) is 11.5 Å². The fourth-order valence-electron chi connectivity index (χ4n) is 2.53. The zero-order chi connectivity index (χ0) is 16.2. The Labute approximate surface area is 140 Å². The highest BCUT2D eigenvalue weighted by Crippen LogP contribution is 2.45. The third kappa shape index (κ3) is 3.59. The normalized spacial score (nSPS) is 17.6. The first-order valence-electron chi connectivity index (χ1n) is 7.39. The molecule has 1 atom stereocenters. The van der Waals surface area contributed by atoms with Crippen LogP contribution in [-0.2, 0) is 4.79 Å². The second-order valence-electron chi connectivity index (χ2n) is 5.29. The number of benzene rings is 2. The van der Waals surface area contributed by atoms with Crippen molar-refractivity contribution < 1.29 is 14.3 Å². The van der Waals surface area contributed by atoms with Gasteiger partial charge in [0.2, 0.25) is 0 Å². The predicted molar refractivity (Wildman–Crippen MR) is 93.9 cm³/mol. The molecule has 0 bridgehead atoms. The van der Waals surface area contributed by atoms with Crippen molar-refractivity contribution in [3.8, 4) is 11.5 Å². The lowest BCUT2D eigenvalue weighted by Crippen LogP contribution is -2.08. The Balaban J connectivity index is 1.83. The van der Waals surface area contributed by atoms with Crippen molar-refractivity contribution in [1.82, 2.24) is 0 Å². The number of thioether (sulfide) groups is 1. The van der Waals surface area contributed by atoms with Gasteiger partial charge in [0.15, 0.2) is 5.78 Å². The Hall–Kier alpha value is -2.20. The van der Waals surface area contributed by atoms with Crippen LogP contribution in [-0.4, -0.2) is 20.0 Å². The second-order valence-corrected chi connectivity index (χ2v) is 6.53. The molecule has 0 N–H and O–H groups in total. The molecule has 3 rings (SSSR count). The number of hydrogen-bond donors (Lipinski definition) is 0. The minimum atomic E-state index is 0.135. The van der Waals surface area contributed by atoms with Crippen LogP contribution in [0.2, 0.25) is 0 Å². The molecule has 23 heavy (non-hydrogen) atoms. The highest BCUT2D eigenvalue weighted by Gasteiger charge is 2.23. The van der Waals surface area contributed by atoms with E-state index >= 15 is 0 Å². The van der Waals surface area contributed by atoms with Crippen LogP contribution in [0.25, 0.3) is 4.91 Å². The standard InChI is InChI=1S/C19H18O3S/c1-21-16-7-3-13(4-8-16)18-11-15(20)12-19(23-18)14-5-9-17(22-2)10-6-14/h3-11,19H,12H2,1-2H3. The maximum atomic E-state index is 12.1. The Morgan fingerprint density at radius 1 is 0.913 bits per heavy atom. The molecule has 0 saturated carbocycles. The van der Waals surface area contributed by atoms with E-state index in [1.165, 1.54) is 0 Å². The summed E-state index contributed by atoms with van der Waals surface area (Å²) in [4.78, 5) is 13.1. The lowest BCUT2D eigenvalue weighted by atomic mass is 10.0. The summed E-state index contributed by atoms with van der Waals surface area (Å²) in [7, 11) is 3.30. The van der Waals surface area contributed by atoms with E-state index in [0.29, 0.717) is 6.42 Å². The van der Waals surface area contributed by atoms with Crippen molar-refractivity contribution >= 4 is 22.5 Å². The molecule has 0 saturated heterocycles. The number of carbonyl (C=O) groups excluding carboxylic acids is 1. The Morgan fingerprint density at radius 2 is 1.48 bits per heavy atom. The van der Waals surface area contributed by atoms with Gasteiger partial charge in [-0.3, -0.25) is 4.79 Å². The largest absolute Gasteiger partial charge is 0.497 e. The monoisotopic (exact) mass is 326 g/mol. The maximum Gasteiger partial charge on any atom is 0.158 e. The van der Waals surface area contributed by atoms with Crippen molar-refractivity contribution in [2.75, 3.05) is 14.2 Å². The van der Waals surface area contributed by atoms with Crippen LogP contribution in [0.15, 0.2) is 54.6 Å². The Morgan fingerprint density at radius 3 is 2.04 bits per heavy atom. The molecule has 1 aliphatic rings. The summed E-state index contributed by atoms with van der Waals surface area (Å²) < 4.78 is 10.4. The molecule has 1 aliphatic heterocycles. The highest BCUT2D eigenvalue weighted by atomic mass is 32.2. The lowest BCUT2D eigenvalue weighted by molar-refractivity contribution is -0.114. The van der Waals surface area contributed by atoms with E-state index in [1.54, 1.807) is 32.1 Å². The van der Waals surface area contributed by atoms with Gasteiger partial charge < -0.3 is 9.47 Å². The van der Waals surface area contributed by atoms with Crippen LogP contribution >= 0.6 is 11.8 Å². The van der Waals surface area contributed by atoms with Crippen LogP contribution in [0.5, 0.6) is 11.5 Å². The number of methoxy groups -OCH3 is 2. The summed E-state index contributed by atoms with van der Waals surface area (Å²) in [6.07, 6.45) is 2.27. The van der Waals surface area contributed by atoms with Gasteiger partial charge >= 0.3 is 0 Å². The molecule has 0 aliphatic carbocycles. The third-order valence-corrected chi connectivity index (χ3v) is 5.14. The van der Waals surface area contributed by atoms with Crippen LogP contribution in [0.3, 0.4) is 0 Å². The summed E-state index contributed by atoms with van der Waals surface area (Å²) in [5.74, 6) is 1.80. The van der Waals surface area contributed by atoms with Crippen molar-refractivity contribution in [1.29, 1.82) is 0 Å². The van der Waals surface area contributed by atoms with E-state index in [1.807, 2.05) is 48.5 Å². The van der Waals surface area contributed by atoms with E-state index in [9.17, 15) is 4.79 Å². The lowest BCUT2D eigenvalue weighted by Gasteiger charge is -2.22. The topological polar surface area (TPSA) is 35.5 Å². The van der Waals surface area contributed by atoms with Crippen molar-refractivity contribution in [2.24, 2.45) is 0 Å². The van der Waals surface area contributed by atoms with Gasteiger partial charge in [-0.15, -0.1) is 11.8 Å². The average Bonchev–Trinajstić information content (AvgIpc) is 2.61. The van der Waals surface area contributed by atoms with Crippen molar-refractivity contribution in [3.63, 3.8) is 0 Å². The molecule has 118 valence electrons. The molecule has 1 unspecified atom stereocenters. The first-order chi connectivity index (χ1) is 11.2. The van der Waals surface area contributed by atoms with Gasteiger partial charge in [-0.05, 0) is 41.5 Å². The first-order valence-corrected chi connectivity index (χ1v) is 8.27. The van der Waals surface area contributed by atoms with E-state index in [-0.39, 0.29) is 11.0 Å². The number of allylic oxidation sites excluding steroid dienone is 1. The van der Waals surface area contributed by atoms with Crippen LogP contribution in [0, 0.1) is 0 Å². The molecular formula is C19H18O3S. The van der Waals surface area contributed by atoms with Gasteiger partial charge in [0.25, 0.3) is 0 Å². The smallest absolute Gasteiger partial charge is 0.158 e. The van der Waals surface area contributed by atoms with E-state index in [0.717, 1.165) is 27.5 Å². The van der Waals surface area contributed by atoms with Gasteiger partial charge in [-0.1, -0.05) is 24.3 Å². The summed E-state index contributed by atoms with van der Waals surface area (Å²) >= 11 is 1.73. The van der Waals surface area contributed by atoms with E-state index < -0.39 is 0 Å². The summed E-state index contributed by atoms with van der Waals surface area (Å²) in [5.41, 5.74) is 2.19. The van der Waals surface area contributed by atoms with Crippen LogP contribution in [0.1, 0.15) is 22.8 Å². The van der Waals surface area contributed by atoms with E-state index in [2.05, 4.69) is 0 Å². The minimum absolute atomic E-state index is 0.135. The zero-order valence-electron chi connectivity index (χ0n) is 13.1. The van der Waals surface area contributed by atoms with Gasteiger partial charge in [-0.25, -0.2) is 0 Å². The SMILES string of the molecule is COc1ccc(C2=CC(=O)CC(c3ccc(OC)cc3)S2)cc1. The van der Waals surface area contributed by atoms with Gasteiger partial charge in [-0.2, -0.15) is 0 Å². The fourth-order valence-corrected chi connectivity index (χ4v) is 3.85. The average molecular weight is 326 g/mol. The molecule has 0 amide bonds. The summed E-state index contributed by atoms with van der Waals surface area (Å²) in [6, 6.07) is 15.7. The molecule has 0 aromatic heterocycles. The fraction of sp³-hybridized carbons (Fsp3) is 0.211. The number of ketones is 1. The number of hydrogen-bond acceptors (Lipinski definition) is 4. The number of rotatable bonds is 4. The highest BCUT2D eigenvalue weighted by molar-refractivity contribution is 8.08. The molecule has 0 fully saturated rings. The second kappa shape index (κ2) is 6.92. The summed E-state index contributed by atoms with van der Waals surface area (Å²) in [5, 5.41) is 0.135. The molecule has 2 aromatic carbocycles. The van der Waals surface area contributed by atoms with Gasteiger partial charge in [0.05, 0.1) is 14.2 Å². The predicted octanol–water partition coefficient (Wildman–Crippen LogP) is 4.49. The van der Waals surface area contributed by atoms with Gasteiger partial charge in [0, 0.05) is 16.6 Å². The number of ether oxygens (including phenoxy) is 2. The van der Waals surface area contributed by atoms with Crippen LogP contribution in [0.4, 0.5) is 0 Å². The maximum absolute atomic E-state index is 12.1.